The molecule has 0 aliphatic heterocycles. The molecule has 88 valence electrons. The molecule has 1 rings (SSSR count). The third-order valence-electron chi connectivity index (χ3n) is 1.88. The van der Waals surface area contributed by atoms with Crippen molar-refractivity contribution in [2.75, 3.05) is 18.1 Å². The predicted octanol–water partition coefficient (Wildman–Crippen LogP) is 1.23. The Morgan fingerprint density at radius 2 is 1.81 bits per heavy atom. The van der Waals surface area contributed by atoms with Crippen molar-refractivity contribution >= 4 is 21.6 Å². The number of sulfone groups is 1. The highest BCUT2D eigenvalue weighted by atomic mass is 32.2. The zero-order valence-corrected chi connectivity index (χ0v) is 9.97. The summed E-state index contributed by atoms with van der Waals surface area (Å²) in [6.07, 6.45) is 1.14. The van der Waals surface area contributed by atoms with Crippen LogP contribution in [0.1, 0.15) is 6.92 Å². The fraction of sp³-hybridized carbons (Fsp3) is 0.300. The Morgan fingerprint density at radius 1 is 1.25 bits per heavy atom. The lowest BCUT2D eigenvalue weighted by molar-refractivity contribution is 0.252. The van der Waals surface area contributed by atoms with Crippen molar-refractivity contribution in [3.05, 3.63) is 24.3 Å². The van der Waals surface area contributed by atoms with Crippen LogP contribution in [0.5, 0.6) is 0 Å². The second-order valence-corrected chi connectivity index (χ2v) is 5.30. The van der Waals surface area contributed by atoms with Gasteiger partial charge < -0.3 is 10.6 Å². The molecule has 0 saturated heterocycles. The molecular weight excluding hydrogens is 228 g/mol. The molecule has 0 saturated carbocycles. The third-order valence-corrected chi connectivity index (χ3v) is 3.01. The lowest BCUT2D eigenvalue weighted by Crippen LogP contribution is -2.28. The Hall–Kier alpha value is -1.56. The van der Waals surface area contributed by atoms with Crippen LogP contribution in [0.15, 0.2) is 29.2 Å². The first-order valence-corrected chi connectivity index (χ1v) is 6.67. The highest BCUT2D eigenvalue weighted by Crippen LogP contribution is 2.13. The number of nitrogens with one attached hydrogen (secondary N) is 2. The zero-order chi connectivity index (χ0) is 12.2. The summed E-state index contributed by atoms with van der Waals surface area (Å²) in [5.41, 5.74) is 0.554. The molecule has 6 heteroatoms. The van der Waals surface area contributed by atoms with Crippen LogP contribution >= 0.6 is 0 Å². The second kappa shape index (κ2) is 4.98. The lowest BCUT2D eigenvalue weighted by atomic mass is 10.3. The van der Waals surface area contributed by atoms with Gasteiger partial charge in [-0.2, -0.15) is 0 Å². The molecule has 2 N–H and O–H groups in total. The predicted molar refractivity (Wildman–Crippen MR) is 62.2 cm³/mol. The van der Waals surface area contributed by atoms with E-state index in [1.807, 2.05) is 6.92 Å². The molecule has 0 heterocycles. The van der Waals surface area contributed by atoms with Gasteiger partial charge in [0.2, 0.25) is 0 Å². The molecular formula is C10H14N2O3S. The van der Waals surface area contributed by atoms with Gasteiger partial charge in [0.15, 0.2) is 9.84 Å². The summed E-state index contributed by atoms with van der Waals surface area (Å²) in [6, 6.07) is 5.69. The van der Waals surface area contributed by atoms with Crippen LogP contribution in [0.2, 0.25) is 0 Å². The SMILES string of the molecule is CCNC(=O)Nc1ccc(S(C)(=O)=O)cc1. The molecule has 1 aromatic rings. The Balaban J connectivity index is 2.76. The van der Waals surface area contributed by atoms with E-state index in [4.69, 9.17) is 0 Å². The number of benzene rings is 1. The molecule has 0 spiro atoms. The number of carbonyl (C=O) groups is 1. The van der Waals surface area contributed by atoms with E-state index in [1.54, 1.807) is 12.1 Å². The second-order valence-electron chi connectivity index (χ2n) is 3.28. The zero-order valence-electron chi connectivity index (χ0n) is 9.15. The normalized spacial score (nSPS) is 10.9. The van der Waals surface area contributed by atoms with E-state index in [9.17, 15) is 13.2 Å². The van der Waals surface area contributed by atoms with E-state index in [1.165, 1.54) is 12.1 Å². The van der Waals surface area contributed by atoms with Crippen LogP contribution in [-0.2, 0) is 9.84 Å². The lowest BCUT2D eigenvalue weighted by Gasteiger charge is -2.06. The van der Waals surface area contributed by atoms with Crippen LogP contribution in [0.3, 0.4) is 0 Å². The van der Waals surface area contributed by atoms with E-state index in [0.29, 0.717) is 12.2 Å². The summed E-state index contributed by atoms with van der Waals surface area (Å²) < 4.78 is 22.3. The van der Waals surface area contributed by atoms with Gasteiger partial charge in [0.25, 0.3) is 0 Å². The topological polar surface area (TPSA) is 75.3 Å². The minimum absolute atomic E-state index is 0.231. The monoisotopic (exact) mass is 242 g/mol. The van der Waals surface area contributed by atoms with Gasteiger partial charge in [-0.1, -0.05) is 0 Å². The molecule has 0 fully saturated rings. The van der Waals surface area contributed by atoms with Gasteiger partial charge >= 0.3 is 6.03 Å². The van der Waals surface area contributed by atoms with Crippen molar-refractivity contribution in [2.24, 2.45) is 0 Å². The van der Waals surface area contributed by atoms with Crippen LogP contribution in [-0.4, -0.2) is 27.2 Å². The maximum absolute atomic E-state index is 11.2. The first-order chi connectivity index (χ1) is 7.43. The van der Waals surface area contributed by atoms with E-state index in [2.05, 4.69) is 10.6 Å². The van der Waals surface area contributed by atoms with E-state index in [0.717, 1.165) is 6.26 Å². The fourth-order valence-electron chi connectivity index (χ4n) is 1.12. The highest BCUT2D eigenvalue weighted by molar-refractivity contribution is 7.90. The van der Waals surface area contributed by atoms with E-state index in [-0.39, 0.29) is 10.9 Å². The summed E-state index contributed by atoms with van der Waals surface area (Å²) in [7, 11) is -3.19. The highest BCUT2D eigenvalue weighted by Gasteiger charge is 2.06. The van der Waals surface area contributed by atoms with Crippen LogP contribution in [0.25, 0.3) is 0 Å². The van der Waals surface area contributed by atoms with Gasteiger partial charge in [-0.05, 0) is 31.2 Å². The Labute approximate surface area is 94.8 Å². The summed E-state index contributed by atoms with van der Waals surface area (Å²) in [6.45, 7) is 2.35. The maximum Gasteiger partial charge on any atom is 0.319 e. The standard InChI is InChI=1S/C10H14N2O3S/c1-3-11-10(13)12-8-4-6-9(7-5-8)16(2,14)15/h4-7H,3H2,1-2H3,(H2,11,12,13). The first-order valence-electron chi connectivity index (χ1n) is 4.78. The van der Waals surface area contributed by atoms with Gasteiger partial charge in [-0.25, -0.2) is 13.2 Å². The number of hydrogen-bond acceptors (Lipinski definition) is 3. The Kier molecular flexibility index (Phi) is 3.89. The number of hydrogen-bond donors (Lipinski definition) is 2. The molecule has 0 radical (unpaired) electrons. The summed E-state index contributed by atoms with van der Waals surface area (Å²) >= 11 is 0. The molecule has 5 nitrogen and oxygen atoms in total. The van der Waals surface area contributed by atoms with Gasteiger partial charge in [-0.3, -0.25) is 0 Å². The van der Waals surface area contributed by atoms with Crippen LogP contribution in [0, 0.1) is 0 Å². The largest absolute Gasteiger partial charge is 0.338 e. The molecule has 0 unspecified atom stereocenters. The van der Waals surface area contributed by atoms with Crippen molar-refractivity contribution in [1.82, 2.24) is 5.32 Å². The summed E-state index contributed by atoms with van der Waals surface area (Å²) in [5, 5.41) is 5.15. The number of amides is 2. The van der Waals surface area contributed by atoms with Crippen molar-refractivity contribution in [2.45, 2.75) is 11.8 Å². The number of carbonyl (C=O) groups excluding carboxylic acids is 1. The van der Waals surface area contributed by atoms with Crippen molar-refractivity contribution in [3.8, 4) is 0 Å². The molecule has 0 aliphatic carbocycles. The molecule has 1 aromatic carbocycles. The van der Waals surface area contributed by atoms with Gasteiger partial charge in [0, 0.05) is 18.5 Å². The third kappa shape index (κ3) is 3.54. The van der Waals surface area contributed by atoms with Gasteiger partial charge in [0.1, 0.15) is 0 Å². The smallest absolute Gasteiger partial charge is 0.319 e. The molecule has 0 atom stereocenters. The Morgan fingerprint density at radius 3 is 2.25 bits per heavy atom. The van der Waals surface area contributed by atoms with Crippen LogP contribution in [0.4, 0.5) is 10.5 Å². The van der Waals surface area contributed by atoms with Gasteiger partial charge in [0.05, 0.1) is 4.90 Å². The molecule has 2 amide bonds. The molecule has 0 aliphatic rings. The van der Waals surface area contributed by atoms with Gasteiger partial charge in [-0.15, -0.1) is 0 Å². The minimum atomic E-state index is -3.19. The quantitative estimate of drug-likeness (QED) is 0.837. The molecule has 16 heavy (non-hydrogen) atoms. The van der Waals surface area contributed by atoms with Crippen molar-refractivity contribution in [3.63, 3.8) is 0 Å². The minimum Gasteiger partial charge on any atom is -0.338 e. The van der Waals surface area contributed by atoms with Crippen molar-refractivity contribution < 1.29 is 13.2 Å². The van der Waals surface area contributed by atoms with E-state index >= 15 is 0 Å². The average molecular weight is 242 g/mol. The summed E-state index contributed by atoms with van der Waals surface area (Å²) in [4.78, 5) is 11.4. The fourth-order valence-corrected chi connectivity index (χ4v) is 1.75. The van der Waals surface area contributed by atoms with E-state index < -0.39 is 9.84 Å². The van der Waals surface area contributed by atoms with Crippen molar-refractivity contribution in [1.29, 1.82) is 0 Å². The summed E-state index contributed by atoms with van der Waals surface area (Å²) in [5.74, 6) is 0. The first kappa shape index (κ1) is 12.5. The Bertz CT molecular complexity index is 465. The number of anilines is 1. The maximum atomic E-state index is 11.2. The molecule has 0 bridgehead atoms. The van der Waals surface area contributed by atoms with Crippen LogP contribution < -0.4 is 10.6 Å². The molecule has 0 aromatic heterocycles. The average Bonchev–Trinajstić information content (AvgIpc) is 2.17. The number of rotatable bonds is 3. The number of urea groups is 1.